The Labute approximate surface area is 140 Å². The number of furan rings is 1. The maximum Gasteiger partial charge on any atom is 0.416 e. The fraction of sp³-hybridized carbons (Fsp3) is 0.143. The van der Waals surface area contributed by atoms with Gasteiger partial charge in [-0.05, 0) is 18.2 Å². The maximum absolute atomic E-state index is 12.7. The molecule has 3 N–H and O–H groups in total. The summed E-state index contributed by atoms with van der Waals surface area (Å²) in [6, 6.07) is 0.267. The number of benzene rings is 1. The van der Waals surface area contributed by atoms with Crippen LogP contribution in [0, 0.1) is 0 Å². The predicted molar refractivity (Wildman–Crippen MR) is 74.8 cm³/mol. The van der Waals surface area contributed by atoms with E-state index < -0.39 is 46.9 Å². The number of carbonyl (C=O) groups excluding carboxylic acids is 1. The molecule has 0 fully saturated rings. The zero-order valence-electron chi connectivity index (χ0n) is 12.3. The van der Waals surface area contributed by atoms with Crippen LogP contribution in [0.4, 0.5) is 42.5 Å². The highest BCUT2D eigenvalue weighted by molar-refractivity contribution is 6.00. The van der Waals surface area contributed by atoms with Crippen LogP contribution in [0.25, 0.3) is 0 Å². The number of nitrogens with one attached hydrogen (secondary N) is 2. The van der Waals surface area contributed by atoms with E-state index >= 15 is 0 Å². The van der Waals surface area contributed by atoms with Crippen LogP contribution in [-0.2, 0) is 12.4 Å². The number of urea groups is 1. The molecule has 0 aliphatic carbocycles. The summed E-state index contributed by atoms with van der Waals surface area (Å²) in [5.74, 6) is -1.97. The number of rotatable bonds is 3. The normalized spacial score (nSPS) is 11.9. The smallest absolute Gasteiger partial charge is 0.416 e. The molecule has 0 aliphatic heterocycles. The van der Waals surface area contributed by atoms with Crippen molar-refractivity contribution in [3.8, 4) is 0 Å². The number of hydrogen-bond donors (Lipinski definition) is 3. The lowest BCUT2D eigenvalue weighted by molar-refractivity contribution is -0.143. The first-order valence-corrected chi connectivity index (χ1v) is 6.55. The second-order valence-corrected chi connectivity index (χ2v) is 4.88. The topological polar surface area (TPSA) is 91.6 Å². The van der Waals surface area contributed by atoms with Gasteiger partial charge in [-0.25, -0.2) is 9.59 Å². The summed E-state index contributed by atoms with van der Waals surface area (Å²) >= 11 is 0. The fourth-order valence-corrected chi connectivity index (χ4v) is 1.83. The molecule has 0 saturated heterocycles. The summed E-state index contributed by atoms with van der Waals surface area (Å²) in [6.45, 7) is 0. The number of carboxylic acid groups (broad SMARTS) is 1. The van der Waals surface area contributed by atoms with E-state index in [1.807, 2.05) is 10.6 Å². The largest absolute Gasteiger partial charge is 0.475 e. The Morgan fingerprint density at radius 2 is 1.35 bits per heavy atom. The predicted octanol–water partition coefficient (Wildman–Crippen LogP) is 4.66. The monoisotopic (exact) mass is 382 g/mol. The highest BCUT2D eigenvalue weighted by Gasteiger charge is 2.37. The van der Waals surface area contributed by atoms with Crippen molar-refractivity contribution in [1.82, 2.24) is 0 Å². The van der Waals surface area contributed by atoms with Crippen molar-refractivity contribution in [3.63, 3.8) is 0 Å². The minimum Gasteiger partial charge on any atom is -0.475 e. The molecule has 2 amide bonds. The van der Waals surface area contributed by atoms with Gasteiger partial charge in [-0.1, -0.05) is 0 Å². The number of anilines is 2. The Morgan fingerprint density at radius 3 is 1.77 bits per heavy atom. The van der Waals surface area contributed by atoms with Gasteiger partial charge in [0.25, 0.3) is 0 Å². The second-order valence-electron chi connectivity index (χ2n) is 4.88. The van der Waals surface area contributed by atoms with Crippen LogP contribution < -0.4 is 10.6 Å². The number of aromatic carboxylic acids is 1. The molecule has 0 saturated carbocycles. The molecule has 1 aromatic carbocycles. The van der Waals surface area contributed by atoms with Crippen molar-refractivity contribution in [2.24, 2.45) is 0 Å². The summed E-state index contributed by atoms with van der Waals surface area (Å²) < 4.78 is 81.0. The van der Waals surface area contributed by atoms with Crippen molar-refractivity contribution >= 4 is 23.4 Å². The highest BCUT2D eigenvalue weighted by atomic mass is 19.4. The molecule has 0 atom stereocenters. The zero-order chi connectivity index (χ0) is 19.7. The molecular formula is C14H8F6N2O4. The van der Waals surface area contributed by atoms with Crippen LogP contribution in [0.5, 0.6) is 0 Å². The molecule has 0 unspecified atom stereocenters. The maximum atomic E-state index is 12.7. The first-order valence-electron chi connectivity index (χ1n) is 6.55. The van der Waals surface area contributed by atoms with Gasteiger partial charge in [-0.3, -0.25) is 0 Å². The number of hydrogen-bond acceptors (Lipinski definition) is 3. The summed E-state index contributed by atoms with van der Waals surface area (Å²) in [4.78, 5) is 22.3. The van der Waals surface area contributed by atoms with Gasteiger partial charge in [-0.15, -0.1) is 0 Å². The molecule has 140 valence electrons. The van der Waals surface area contributed by atoms with Crippen molar-refractivity contribution in [3.05, 3.63) is 47.4 Å². The van der Waals surface area contributed by atoms with Gasteiger partial charge in [0.1, 0.15) is 6.26 Å². The standard InChI is InChI=1S/C14H8F6N2O4/c15-13(16,17)6-1-7(14(18,19)20)3-8(2-6)21-12(25)22-9-4-10(11(23)24)26-5-9/h1-5H,(H,23,24)(H2,21,22,25). The van der Waals surface area contributed by atoms with E-state index in [0.29, 0.717) is 12.1 Å². The van der Waals surface area contributed by atoms with Crippen LogP contribution in [0.1, 0.15) is 21.7 Å². The summed E-state index contributed by atoms with van der Waals surface area (Å²) in [7, 11) is 0. The van der Waals surface area contributed by atoms with Gasteiger partial charge in [0.15, 0.2) is 0 Å². The molecule has 6 nitrogen and oxygen atoms in total. The van der Waals surface area contributed by atoms with Gasteiger partial charge >= 0.3 is 24.4 Å². The number of halogens is 6. The molecule has 1 aromatic heterocycles. The SMILES string of the molecule is O=C(Nc1cc(C(F)(F)F)cc(C(F)(F)F)c1)Nc1coc(C(=O)O)c1. The lowest BCUT2D eigenvalue weighted by Crippen LogP contribution is -2.20. The highest BCUT2D eigenvalue weighted by Crippen LogP contribution is 2.37. The van der Waals surface area contributed by atoms with E-state index in [1.54, 1.807) is 0 Å². The lowest BCUT2D eigenvalue weighted by Gasteiger charge is -2.14. The van der Waals surface area contributed by atoms with Crippen LogP contribution >= 0.6 is 0 Å². The van der Waals surface area contributed by atoms with Crippen molar-refractivity contribution in [1.29, 1.82) is 0 Å². The average Bonchev–Trinajstić information content (AvgIpc) is 2.93. The fourth-order valence-electron chi connectivity index (χ4n) is 1.83. The molecule has 26 heavy (non-hydrogen) atoms. The average molecular weight is 382 g/mol. The molecule has 2 rings (SSSR count). The first kappa shape index (κ1) is 19.1. The lowest BCUT2D eigenvalue weighted by atomic mass is 10.1. The van der Waals surface area contributed by atoms with Crippen molar-refractivity contribution < 1.29 is 45.5 Å². The first-order chi connectivity index (χ1) is 11.9. The molecule has 0 aliphatic rings. The van der Waals surface area contributed by atoms with Crippen molar-refractivity contribution in [2.45, 2.75) is 12.4 Å². The van der Waals surface area contributed by atoms with E-state index in [1.165, 1.54) is 0 Å². The van der Waals surface area contributed by atoms with Gasteiger partial charge in [0.2, 0.25) is 5.76 Å². The minimum absolute atomic E-state index is 0.0850. The molecule has 0 spiro atoms. The van der Waals surface area contributed by atoms with Gasteiger partial charge < -0.3 is 20.2 Å². The quantitative estimate of drug-likeness (QED) is 0.674. The van der Waals surface area contributed by atoms with Crippen LogP contribution in [0.15, 0.2) is 34.9 Å². The summed E-state index contributed by atoms with van der Waals surface area (Å²) in [6.07, 6.45) is -9.29. The number of carbonyl (C=O) groups is 2. The Bertz CT molecular complexity index is 808. The third-order valence-electron chi connectivity index (χ3n) is 2.91. The number of carboxylic acids is 1. The molecular weight excluding hydrogens is 374 g/mol. The molecule has 2 aromatic rings. The van der Waals surface area contributed by atoms with Gasteiger partial charge in [0, 0.05) is 11.8 Å². The van der Waals surface area contributed by atoms with E-state index in [-0.39, 0.29) is 11.8 Å². The molecule has 0 radical (unpaired) electrons. The van der Waals surface area contributed by atoms with E-state index in [9.17, 15) is 35.9 Å². The Balaban J connectivity index is 2.24. The summed E-state index contributed by atoms with van der Waals surface area (Å²) in [5, 5.41) is 12.5. The van der Waals surface area contributed by atoms with Crippen LogP contribution in [0.2, 0.25) is 0 Å². The Hall–Kier alpha value is -3.18. The van der Waals surface area contributed by atoms with Gasteiger partial charge in [-0.2, -0.15) is 26.3 Å². The number of alkyl halides is 6. The Kier molecular flexibility index (Phi) is 4.87. The van der Waals surface area contributed by atoms with Crippen molar-refractivity contribution in [2.75, 3.05) is 10.6 Å². The summed E-state index contributed by atoms with van der Waals surface area (Å²) in [5.41, 5.74) is -4.12. The van der Waals surface area contributed by atoms with Gasteiger partial charge in [0.05, 0.1) is 16.8 Å². The third-order valence-corrected chi connectivity index (χ3v) is 2.91. The minimum atomic E-state index is -5.06. The zero-order valence-corrected chi connectivity index (χ0v) is 12.3. The van der Waals surface area contributed by atoms with Crippen LogP contribution in [0.3, 0.4) is 0 Å². The molecule has 12 heteroatoms. The van der Waals surface area contributed by atoms with Crippen LogP contribution in [-0.4, -0.2) is 17.1 Å². The second kappa shape index (κ2) is 6.61. The van der Waals surface area contributed by atoms with E-state index in [0.717, 1.165) is 12.3 Å². The Morgan fingerprint density at radius 1 is 0.846 bits per heavy atom. The van der Waals surface area contributed by atoms with E-state index in [2.05, 4.69) is 4.42 Å². The molecule has 1 heterocycles. The molecule has 0 bridgehead atoms. The van der Waals surface area contributed by atoms with E-state index in [4.69, 9.17) is 5.11 Å². The number of amides is 2. The third kappa shape index (κ3) is 4.68.